The van der Waals surface area contributed by atoms with Gasteiger partial charge in [0, 0.05) is 29.8 Å². The Bertz CT molecular complexity index is 856. The molecule has 5 heteroatoms. The summed E-state index contributed by atoms with van der Waals surface area (Å²) < 4.78 is 13.2. The van der Waals surface area contributed by atoms with Crippen LogP contribution in [0.25, 0.3) is 0 Å². The summed E-state index contributed by atoms with van der Waals surface area (Å²) >= 11 is 0. The minimum atomic E-state index is -0.403. The van der Waals surface area contributed by atoms with Crippen molar-refractivity contribution in [2.45, 2.75) is 26.2 Å². The number of nitrogens with one attached hydrogen (secondary N) is 2. The van der Waals surface area contributed by atoms with Gasteiger partial charge >= 0.3 is 0 Å². The molecule has 3 rings (SSSR count). The first-order valence-electron chi connectivity index (χ1n) is 8.07. The van der Waals surface area contributed by atoms with Gasteiger partial charge in [0.15, 0.2) is 0 Å². The molecule has 2 aromatic rings. The molecule has 0 unspecified atom stereocenters. The molecule has 1 atom stereocenters. The molecule has 4 nitrogen and oxygen atoms in total. The maximum Gasteiger partial charge on any atom is 0.253 e. The second-order valence-corrected chi connectivity index (χ2v) is 6.25. The normalized spacial score (nSPS) is 16.8. The van der Waals surface area contributed by atoms with Gasteiger partial charge < -0.3 is 10.6 Å². The first kappa shape index (κ1) is 16.9. The van der Waals surface area contributed by atoms with Crippen LogP contribution < -0.4 is 10.6 Å². The highest BCUT2D eigenvalue weighted by atomic mass is 19.1. The van der Waals surface area contributed by atoms with Gasteiger partial charge in [0.25, 0.3) is 5.91 Å². The van der Waals surface area contributed by atoms with E-state index in [2.05, 4.69) is 10.6 Å². The summed E-state index contributed by atoms with van der Waals surface area (Å²) in [7, 11) is 0. The lowest BCUT2D eigenvalue weighted by Crippen LogP contribution is -2.32. The zero-order chi connectivity index (χ0) is 18.0. The topological polar surface area (TPSA) is 58.2 Å². The molecular weight excluding hydrogens is 319 g/mol. The fourth-order valence-electron chi connectivity index (χ4n) is 2.89. The van der Waals surface area contributed by atoms with Gasteiger partial charge in [0.1, 0.15) is 5.82 Å². The molecule has 2 aromatic carbocycles. The van der Waals surface area contributed by atoms with Gasteiger partial charge in [-0.1, -0.05) is 24.3 Å². The van der Waals surface area contributed by atoms with Crippen LogP contribution in [0.4, 0.5) is 10.1 Å². The molecule has 25 heavy (non-hydrogen) atoms. The molecule has 128 valence electrons. The Morgan fingerprint density at radius 2 is 1.88 bits per heavy atom. The van der Waals surface area contributed by atoms with Crippen molar-refractivity contribution in [1.29, 1.82) is 0 Å². The molecule has 1 aliphatic heterocycles. The SMILES string of the molecule is Cc1ccc(C)c(NC(=O)C2=CNC(=O)C[C@H]2c2ccc(F)cc2)c1. The molecule has 0 spiro atoms. The predicted octanol–water partition coefficient (Wildman–Crippen LogP) is 3.57. The van der Waals surface area contributed by atoms with E-state index >= 15 is 0 Å². The van der Waals surface area contributed by atoms with Gasteiger partial charge in [0.05, 0.1) is 0 Å². The number of rotatable bonds is 3. The lowest BCUT2D eigenvalue weighted by molar-refractivity contribution is -0.121. The van der Waals surface area contributed by atoms with E-state index in [0.29, 0.717) is 5.57 Å². The van der Waals surface area contributed by atoms with Crippen LogP contribution in [0.5, 0.6) is 0 Å². The van der Waals surface area contributed by atoms with E-state index in [0.717, 1.165) is 22.4 Å². The van der Waals surface area contributed by atoms with E-state index in [4.69, 9.17) is 0 Å². The third-order valence-corrected chi connectivity index (χ3v) is 4.33. The van der Waals surface area contributed by atoms with Crippen molar-refractivity contribution in [3.63, 3.8) is 0 Å². The second-order valence-electron chi connectivity index (χ2n) is 6.25. The summed E-state index contributed by atoms with van der Waals surface area (Å²) in [5.74, 6) is -1.20. The summed E-state index contributed by atoms with van der Waals surface area (Å²) in [4.78, 5) is 24.6. The summed E-state index contributed by atoms with van der Waals surface area (Å²) in [6.45, 7) is 3.88. The van der Waals surface area contributed by atoms with Crippen LogP contribution in [0.2, 0.25) is 0 Å². The van der Waals surface area contributed by atoms with Crippen LogP contribution >= 0.6 is 0 Å². The molecule has 2 amide bonds. The molecule has 0 aliphatic carbocycles. The minimum absolute atomic E-state index is 0.150. The van der Waals surface area contributed by atoms with Gasteiger partial charge in [-0.3, -0.25) is 9.59 Å². The number of carbonyl (C=O) groups is 2. The van der Waals surface area contributed by atoms with Crippen LogP contribution in [0.1, 0.15) is 29.0 Å². The van der Waals surface area contributed by atoms with Crippen LogP contribution in [0.15, 0.2) is 54.2 Å². The second kappa shape index (κ2) is 6.89. The number of hydrogen-bond donors (Lipinski definition) is 2. The molecule has 0 aromatic heterocycles. The maximum absolute atomic E-state index is 13.2. The first-order chi connectivity index (χ1) is 11.9. The third kappa shape index (κ3) is 3.76. The molecule has 2 N–H and O–H groups in total. The highest BCUT2D eigenvalue weighted by molar-refractivity contribution is 6.06. The Kier molecular flexibility index (Phi) is 4.65. The molecule has 0 radical (unpaired) electrons. The first-order valence-corrected chi connectivity index (χ1v) is 8.07. The Hall–Kier alpha value is -2.95. The lowest BCUT2D eigenvalue weighted by atomic mass is 9.86. The quantitative estimate of drug-likeness (QED) is 0.899. The molecule has 0 saturated heterocycles. The molecule has 0 bridgehead atoms. The summed E-state index contributed by atoms with van der Waals surface area (Å²) in [6, 6.07) is 11.7. The van der Waals surface area contributed by atoms with E-state index in [9.17, 15) is 14.0 Å². The smallest absolute Gasteiger partial charge is 0.253 e. The van der Waals surface area contributed by atoms with E-state index in [1.165, 1.54) is 18.3 Å². The maximum atomic E-state index is 13.2. The fourth-order valence-corrected chi connectivity index (χ4v) is 2.89. The Labute approximate surface area is 145 Å². The van der Waals surface area contributed by atoms with Crippen molar-refractivity contribution in [2.75, 3.05) is 5.32 Å². The third-order valence-electron chi connectivity index (χ3n) is 4.33. The summed E-state index contributed by atoms with van der Waals surface area (Å²) in [5.41, 5.74) is 3.92. The highest BCUT2D eigenvalue weighted by Crippen LogP contribution is 2.31. The summed E-state index contributed by atoms with van der Waals surface area (Å²) in [5, 5.41) is 5.51. The van der Waals surface area contributed by atoms with Gasteiger partial charge in [-0.05, 0) is 48.7 Å². The number of halogens is 1. The number of aryl methyl sites for hydroxylation is 2. The van der Waals surface area contributed by atoms with E-state index < -0.39 is 5.92 Å². The Balaban J connectivity index is 1.89. The Morgan fingerprint density at radius 1 is 1.16 bits per heavy atom. The van der Waals surface area contributed by atoms with Gasteiger partial charge in [-0.25, -0.2) is 4.39 Å². The lowest BCUT2D eigenvalue weighted by Gasteiger charge is -2.24. The van der Waals surface area contributed by atoms with Gasteiger partial charge in [-0.15, -0.1) is 0 Å². The molecule has 0 fully saturated rings. The van der Waals surface area contributed by atoms with Crippen molar-refractivity contribution in [2.24, 2.45) is 0 Å². The van der Waals surface area contributed by atoms with Crippen LogP contribution in [0, 0.1) is 19.7 Å². The number of benzene rings is 2. The van der Waals surface area contributed by atoms with Crippen LogP contribution in [-0.2, 0) is 9.59 Å². The van der Waals surface area contributed by atoms with Gasteiger partial charge in [0.2, 0.25) is 5.91 Å². The fraction of sp³-hybridized carbons (Fsp3) is 0.200. The average Bonchev–Trinajstić information content (AvgIpc) is 2.58. The van der Waals surface area contributed by atoms with Gasteiger partial charge in [-0.2, -0.15) is 0 Å². The van der Waals surface area contributed by atoms with E-state index in [1.807, 2.05) is 32.0 Å². The average molecular weight is 338 g/mol. The highest BCUT2D eigenvalue weighted by Gasteiger charge is 2.29. The predicted molar refractivity (Wildman–Crippen MR) is 94.5 cm³/mol. The minimum Gasteiger partial charge on any atom is -0.332 e. The van der Waals surface area contributed by atoms with Crippen molar-refractivity contribution < 1.29 is 14.0 Å². The monoisotopic (exact) mass is 338 g/mol. The van der Waals surface area contributed by atoms with Crippen molar-refractivity contribution in [3.8, 4) is 0 Å². The van der Waals surface area contributed by atoms with Crippen LogP contribution in [0.3, 0.4) is 0 Å². The number of anilines is 1. The zero-order valence-electron chi connectivity index (χ0n) is 14.1. The largest absolute Gasteiger partial charge is 0.332 e. The van der Waals surface area contributed by atoms with Crippen molar-refractivity contribution in [3.05, 3.63) is 76.7 Å². The Morgan fingerprint density at radius 3 is 2.60 bits per heavy atom. The van der Waals surface area contributed by atoms with Crippen molar-refractivity contribution in [1.82, 2.24) is 5.32 Å². The molecule has 1 aliphatic rings. The van der Waals surface area contributed by atoms with E-state index in [1.54, 1.807) is 12.1 Å². The number of amides is 2. The van der Waals surface area contributed by atoms with E-state index in [-0.39, 0.29) is 24.1 Å². The number of hydrogen-bond acceptors (Lipinski definition) is 2. The zero-order valence-corrected chi connectivity index (χ0v) is 14.1. The number of carbonyl (C=O) groups excluding carboxylic acids is 2. The standard InChI is InChI=1S/C20H19FN2O2/c1-12-3-4-13(2)18(9-12)23-20(25)17-11-22-19(24)10-16(17)14-5-7-15(21)8-6-14/h3-9,11,16H,10H2,1-2H3,(H,22,24)(H,23,25)/t16-/m0/s1. The molecule has 1 heterocycles. The summed E-state index contributed by atoms with van der Waals surface area (Å²) in [6.07, 6.45) is 1.60. The van der Waals surface area contributed by atoms with Crippen LogP contribution in [-0.4, -0.2) is 11.8 Å². The molecular formula is C20H19FN2O2. The molecule has 0 saturated carbocycles. The van der Waals surface area contributed by atoms with Crippen molar-refractivity contribution >= 4 is 17.5 Å².